The zero-order chi connectivity index (χ0) is 11.1. The van der Waals surface area contributed by atoms with Gasteiger partial charge in [-0.15, -0.1) is 9.24 Å². The lowest BCUT2D eigenvalue weighted by Gasteiger charge is -2.22. The van der Waals surface area contributed by atoms with E-state index in [0.29, 0.717) is 0 Å². The summed E-state index contributed by atoms with van der Waals surface area (Å²) in [5.41, 5.74) is 1.34. The molecule has 0 fully saturated rings. The van der Waals surface area contributed by atoms with Crippen LogP contribution >= 0.6 is 19.9 Å². The molecule has 0 bridgehead atoms. The number of rotatable bonds is 7. The van der Waals surface area contributed by atoms with Gasteiger partial charge in [0.05, 0.1) is 0 Å². The average molecular weight is 247 g/mol. The van der Waals surface area contributed by atoms with Gasteiger partial charge in [0.15, 0.2) is 0 Å². The molecule has 0 saturated heterocycles. The molecule has 0 aliphatic carbocycles. The highest BCUT2D eigenvalue weighted by molar-refractivity contribution is 8.55. The van der Waals surface area contributed by atoms with Crippen molar-refractivity contribution in [2.75, 3.05) is 5.75 Å². The smallest absolute Gasteiger partial charge is 0.00292 e. The summed E-state index contributed by atoms with van der Waals surface area (Å²) in [7, 11) is 5.51. The SMILES string of the molecule is CCCCCCCCS1(Cl)C=CC(C)=C1. The Bertz CT molecular complexity index is 245. The van der Waals surface area contributed by atoms with Gasteiger partial charge in [0.1, 0.15) is 0 Å². The second-order valence-corrected chi connectivity index (χ2v) is 8.55. The Balaban J connectivity index is 2.08. The van der Waals surface area contributed by atoms with Crippen molar-refractivity contribution < 1.29 is 0 Å². The van der Waals surface area contributed by atoms with Crippen LogP contribution in [0.2, 0.25) is 0 Å². The zero-order valence-electron chi connectivity index (χ0n) is 9.97. The minimum Gasteiger partial charge on any atom is -0.122 e. The Morgan fingerprint density at radius 3 is 2.40 bits per heavy atom. The molecule has 1 heterocycles. The zero-order valence-corrected chi connectivity index (χ0v) is 11.5. The van der Waals surface area contributed by atoms with Crippen LogP contribution in [0.3, 0.4) is 0 Å². The first-order valence-corrected chi connectivity index (χ1v) is 8.79. The molecule has 1 atom stereocenters. The van der Waals surface area contributed by atoms with Crippen molar-refractivity contribution in [3.8, 4) is 0 Å². The molecule has 2 heteroatoms. The first-order valence-electron chi connectivity index (χ1n) is 6.03. The second-order valence-electron chi connectivity index (χ2n) is 4.39. The van der Waals surface area contributed by atoms with Crippen molar-refractivity contribution in [3.05, 3.63) is 22.5 Å². The number of hydrogen-bond acceptors (Lipinski definition) is 0. The maximum absolute atomic E-state index is 6.53. The summed E-state index contributed by atoms with van der Waals surface area (Å²) < 4.78 is 0. The maximum Gasteiger partial charge on any atom is -0.00292 e. The van der Waals surface area contributed by atoms with Gasteiger partial charge in [-0.1, -0.05) is 55.8 Å². The number of hydrogen-bond donors (Lipinski definition) is 0. The van der Waals surface area contributed by atoms with Gasteiger partial charge in [-0.05, 0) is 35.5 Å². The Labute approximate surface area is 101 Å². The van der Waals surface area contributed by atoms with Crippen LogP contribution in [-0.4, -0.2) is 5.75 Å². The first kappa shape index (κ1) is 13.2. The monoisotopic (exact) mass is 246 g/mol. The minimum atomic E-state index is -1.02. The predicted molar refractivity (Wildman–Crippen MR) is 74.6 cm³/mol. The Kier molecular flexibility index (Phi) is 5.84. The third kappa shape index (κ3) is 5.12. The molecule has 15 heavy (non-hydrogen) atoms. The van der Waals surface area contributed by atoms with E-state index in [1.807, 2.05) is 0 Å². The van der Waals surface area contributed by atoms with Crippen molar-refractivity contribution >= 4 is 19.9 Å². The third-order valence-electron chi connectivity index (χ3n) is 2.75. The fraction of sp³-hybridized carbons (Fsp3) is 0.692. The van der Waals surface area contributed by atoms with Crippen molar-refractivity contribution in [2.24, 2.45) is 0 Å². The summed E-state index contributed by atoms with van der Waals surface area (Å²) in [5, 5.41) is 4.48. The highest BCUT2D eigenvalue weighted by atomic mass is 35.7. The number of halogens is 1. The molecule has 1 unspecified atom stereocenters. The van der Waals surface area contributed by atoms with Gasteiger partial charge < -0.3 is 0 Å². The lowest BCUT2D eigenvalue weighted by molar-refractivity contribution is 0.627. The topological polar surface area (TPSA) is 0 Å². The molecule has 0 nitrogen and oxygen atoms in total. The van der Waals surface area contributed by atoms with Gasteiger partial charge in [0.25, 0.3) is 0 Å². The van der Waals surface area contributed by atoms with E-state index < -0.39 is 9.24 Å². The number of unbranched alkanes of at least 4 members (excludes halogenated alkanes) is 5. The summed E-state index contributed by atoms with van der Waals surface area (Å²) in [4.78, 5) is 0. The van der Waals surface area contributed by atoms with E-state index >= 15 is 0 Å². The first-order chi connectivity index (χ1) is 7.16. The van der Waals surface area contributed by atoms with Crippen LogP contribution in [-0.2, 0) is 0 Å². The molecule has 0 aromatic rings. The third-order valence-corrected chi connectivity index (χ3v) is 6.06. The van der Waals surface area contributed by atoms with Gasteiger partial charge in [-0.2, -0.15) is 0 Å². The molecule has 1 aliphatic rings. The fourth-order valence-corrected chi connectivity index (χ4v) is 4.86. The van der Waals surface area contributed by atoms with E-state index in [1.54, 1.807) is 0 Å². The Hall–Kier alpha value is 0.120. The van der Waals surface area contributed by atoms with E-state index in [-0.39, 0.29) is 0 Å². The normalized spacial score (nSPS) is 28.9. The van der Waals surface area contributed by atoms with Crippen LogP contribution in [0.4, 0.5) is 0 Å². The van der Waals surface area contributed by atoms with Crippen molar-refractivity contribution in [1.29, 1.82) is 0 Å². The van der Waals surface area contributed by atoms with E-state index in [1.165, 1.54) is 49.9 Å². The molecule has 0 N–H and O–H groups in total. The van der Waals surface area contributed by atoms with Gasteiger partial charge in [-0.25, -0.2) is 0 Å². The van der Waals surface area contributed by atoms with E-state index in [0.717, 1.165) is 0 Å². The van der Waals surface area contributed by atoms with Crippen molar-refractivity contribution in [3.63, 3.8) is 0 Å². The van der Waals surface area contributed by atoms with Crippen LogP contribution in [0.1, 0.15) is 52.4 Å². The second kappa shape index (κ2) is 6.65. The van der Waals surface area contributed by atoms with Gasteiger partial charge >= 0.3 is 0 Å². The molecular weight excluding hydrogens is 224 g/mol. The van der Waals surface area contributed by atoms with Crippen LogP contribution < -0.4 is 0 Å². The average Bonchev–Trinajstić information content (AvgIpc) is 2.53. The molecule has 0 radical (unpaired) electrons. The van der Waals surface area contributed by atoms with Crippen molar-refractivity contribution in [1.82, 2.24) is 0 Å². The fourth-order valence-electron chi connectivity index (χ4n) is 1.84. The van der Waals surface area contributed by atoms with Crippen LogP contribution in [0.25, 0.3) is 0 Å². The maximum atomic E-state index is 6.53. The summed E-state index contributed by atoms with van der Waals surface area (Å²) in [5.74, 6) is 1.18. The molecule has 88 valence electrons. The van der Waals surface area contributed by atoms with Gasteiger partial charge in [-0.3, -0.25) is 0 Å². The molecule has 0 saturated carbocycles. The van der Waals surface area contributed by atoms with Gasteiger partial charge in [0, 0.05) is 0 Å². The predicted octanol–water partition coefficient (Wildman–Crippen LogP) is 5.74. The summed E-state index contributed by atoms with van der Waals surface area (Å²) >= 11 is 0. The van der Waals surface area contributed by atoms with Crippen LogP contribution in [0.5, 0.6) is 0 Å². The van der Waals surface area contributed by atoms with Crippen molar-refractivity contribution in [2.45, 2.75) is 52.4 Å². The summed E-state index contributed by atoms with van der Waals surface area (Å²) in [6.07, 6.45) is 10.3. The minimum absolute atomic E-state index is 1.02. The molecular formula is C13H23ClS. The van der Waals surface area contributed by atoms with E-state index in [9.17, 15) is 0 Å². The highest BCUT2D eigenvalue weighted by Crippen LogP contribution is 2.60. The molecule has 0 aromatic heterocycles. The van der Waals surface area contributed by atoms with Crippen LogP contribution in [0.15, 0.2) is 22.5 Å². The molecule has 0 amide bonds. The highest BCUT2D eigenvalue weighted by Gasteiger charge is 2.17. The standard InChI is InChI=1S/C13H23ClS/c1-3-4-5-6-7-8-10-15(14)11-9-13(2)12-15/h9,11-12H,3-8,10H2,1-2H3. The molecule has 1 aliphatic heterocycles. The van der Waals surface area contributed by atoms with E-state index in [2.05, 4.69) is 30.7 Å². The molecule has 1 rings (SSSR count). The lowest BCUT2D eigenvalue weighted by atomic mass is 10.1. The van der Waals surface area contributed by atoms with Gasteiger partial charge in [0.2, 0.25) is 0 Å². The van der Waals surface area contributed by atoms with E-state index in [4.69, 9.17) is 10.7 Å². The Morgan fingerprint density at radius 1 is 1.13 bits per heavy atom. The summed E-state index contributed by atoms with van der Waals surface area (Å²) in [6.45, 7) is 4.39. The molecule has 0 spiro atoms. The lowest BCUT2D eigenvalue weighted by Crippen LogP contribution is -1.90. The number of allylic oxidation sites excluding steroid dienone is 2. The van der Waals surface area contributed by atoms with Crippen LogP contribution in [0, 0.1) is 0 Å². The largest absolute Gasteiger partial charge is 0.122 e. The Morgan fingerprint density at radius 2 is 1.80 bits per heavy atom. The molecule has 0 aromatic carbocycles. The quantitative estimate of drug-likeness (QED) is 0.503. The summed E-state index contributed by atoms with van der Waals surface area (Å²) in [6, 6.07) is 0.